The van der Waals surface area contributed by atoms with Crippen molar-refractivity contribution in [3.8, 4) is 11.5 Å². The minimum absolute atomic E-state index is 0.0151. The first-order chi connectivity index (χ1) is 7.22. The van der Waals surface area contributed by atoms with E-state index in [9.17, 15) is 4.79 Å². The minimum atomic E-state index is 0.0151. The molecule has 0 bridgehead atoms. The fourth-order valence-electron chi connectivity index (χ4n) is 1.04. The second-order valence-corrected chi connectivity index (χ2v) is 3.31. The van der Waals surface area contributed by atoms with Crippen LogP contribution in [0.4, 0.5) is 0 Å². The lowest BCUT2D eigenvalue weighted by Gasteiger charge is -2.06. The first-order valence-electron chi connectivity index (χ1n) is 5.07. The quantitative estimate of drug-likeness (QED) is 0.720. The number of hydrogen-bond donors (Lipinski definition) is 0. The summed E-state index contributed by atoms with van der Waals surface area (Å²) in [4.78, 5) is 10.7. The Balaban J connectivity index is 2.45. The molecule has 0 heterocycles. The SMILES string of the molecule is CCCOc1ccc(OCC(C)=O)cc1. The number of benzene rings is 1. The van der Waals surface area contributed by atoms with Gasteiger partial charge in [0.15, 0.2) is 5.78 Å². The van der Waals surface area contributed by atoms with Gasteiger partial charge in [0.1, 0.15) is 18.1 Å². The van der Waals surface area contributed by atoms with Crippen LogP contribution in [-0.4, -0.2) is 19.0 Å². The molecule has 0 amide bonds. The summed E-state index contributed by atoms with van der Waals surface area (Å²) < 4.78 is 10.6. The molecule has 0 fully saturated rings. The number of ether oxygens (including phenoxy) is 2. The molecule has 82 valence electrons. The Kier molecular flexibility index (Phi) is 4.68. The summed E-state index contributed by atoms with van der Waals surface area (Å²) >= 11 is 0. The molecular formula is C12H16O3. The third-order valence-corrected chi connectivity index (χ3v) is 1.74. The zero-order valence-electron chi connectivity index (χ0n) is 9.16. The van der Waals surface area contributed by atoms with Gasteiger partial charge in [0.2, 0.25) is 0 Å². The van der Waals surface area contributed by atoms with E-state index in [1.165, 1.54) is 6.92 Å². The van der Waals surface area contributed by atoms with E-state index in [1.807, 2.05) is 12.1 Å². The first-order valence-corrected chi connectivity index (χ1v) is 5.07. The Morgan fingerprint density at radius 1 is 1.13 bits per heavy atom. The monoisotopic (exact) mass is 208 g/mol. The van der Waals surface area contributed by atoms with Crippen LogP contribution < -0.4 is 9.47 Å². The summed E-state index contributed by atoms with van der Waals surface area (Å²) in [6, 6.07) is 7.28. The minimum Gasteiger partial charge on any atom is -0.494 e. The normalized spacial score (nSPS) is 9.73. The maximum absolute atomic E-state index is 10.7. The number of Topliss-reactive ketones (excluding diaryl/α,β-unsaturated/α-hetero) is 1. The molecule has 15 heavy (non-hydrogen) atoms. The fraction of sp³-hybridized carbons (Fsp3) is 0.417. The van der Waals surface area contributed by atoms with Gasteiger partial charge in [-0.2, -0.15) is 0 Å². The molecule has 0 spiro atoms. The summed E-state index contributed by atoms with van der Waals surface area (Å²) in [5, 5.41) is 0. The van der Waals surface area contributed by atoms with Crippen LogP contribution in [0, 0.1) is 0 Å². The van der Waals surface area contributed by atoms with Crippen LogP contribution in [0.5, 0.6) is 11.5 Å². The van der Waals surface area contributed by atoms with Crippen LogP contribution in [0.25, 0.3) is 0 Å². The van der Waals surface area contributed by atoms with Crippen molar-refractivity contribution in [2.24, 2.45) is 0 Å². The highest BCUT2D eigenvalue weighted by atomic mass is 16.5. The zero-order chi connectivity index (χ0) is 11.1. The zero-order valence-corrected chi connectivity index (χ0v) is 9.16. The highest BCUT2D eigenvalue weighted by molar-refractivity contribution is 5.77. The highest BCUT2D eigenvalue weighted by Crippen LogP contribution is 2.17. The van der Waals surface area contributed by atoms with Crippen LogP contribution in [-0.2, 0) is 4.79 Å². The van der Waals surface area contributed by atoms with E-state index in [0.29, 0.717) is 12.4 Å². The van der Waals surface area contributed by atoms with Crippen molar-refractivity contribution in [1.82, 2.24) is 0 Å². The maximum atomic E-state index is 10.7. The summed E-state index contributed by atoms with van der Waals surface area (Å²) in [7, 11) is 0. The molecule has 0 aliphatic carbocycles. The lowest BCUT2D eigenvalue weighted by molar-refractivity contribution is -0.118. The van der Waals surface area contributed by atoms with Gasteiger partial charge in [-0.3, -0.25) is 4.79 Å². The van der Waals surface area contributed by atoms with Crippen LogP contribution in [0.15, 0.2) is 24.3 Å². The van der Waals surface area contributed by atoms with E-state index >= 15 is 0 Å². The van der Waals surface area contributed by atoms with Crippen LogP contribution in [0.2, 0.25) is 0 Å². The number of ketones is 1. The molecule has 0 aliphatic rings. The molecule has 0 N–H and O–H groups in total. The largest absolute Gasteiger partial charge is 0.494 e. The smallest absolute Gasteiger partial charge is 0.167 e. The molecule has 0 aromatic heterocycles. The highest BCUT2D eigenvalue weighted by Gasteiger charge is 1.97. The van der Waals surface area contributed by atoms with Gasteiger partial charge in [0.25, 0.3) is 0 Å². The van der Waals surface area contributed by atoms with E-state index in [0.717, 1.165) is 12.2 Å². The number of hydrogen-bond acceptors (Lipinski definition) is 3. The van der Waals surface area contributed by atoms with Crippen molar-refractivity contribution in [2.75, 3.05) is 13.2 Å². The lowest BCUT2D eigenvalue weighted by atomic mass is 10.3. The van der Waals surface area contributed by atoms with Crippen molar-refractivity contribution < 1.29 is 14.3 Å². The van der Waals surface area contributed by atoms with E-state index in [4.69, 9.17) is 9.47 Å². The Hall–Kier alpha value is -1.51. The van der Waals surface area contributed by atoms with E-state index < -0.39 is 0 Å². The number of carbonyl (C=O) groups is 1. The first kappa shape index (κ1) is 11.6. The molecule has 1 aromatic rings. The van der Waals surface area contributed by atoms with Crippen LogP contribution in [0.3, 0.4) is 0 Å². The molecule has 0 radical (unpaired) electrons. The average Bonchev–Trinajstić information content (AvgIpc) is 2.25. The third-order valence-electron chi connectivity index (χ3n) is 1.74. The summed E-state index contributed by atoms with van der Waals surface area (Å²) in [6.07, 6.45) is 0.989. The Morgan fingerprint density at radius 2 is 1.67 bits per heavy atom. The second kappa shape index (κ2) is 6.06. The van der Waals surface area contributed by atoms with Crippen molar-refractivity contribution >= 4 is 5.78 Å². The molecule has 0 saturated heterocycles. The average molecular weight is 208 g/mol. The van der Waals surface area contributed by atoms with E-state index in [2.05, 4.69) is 6.92 Å². The van der Waals surface area contributed by atoms with Crippen LogP contribution in [0.1, 0.15) is 20.3 Å². The predicted molar refractivity (Wildman–Crippen MR) is 58.4 cm³/mol. The molecule has 0 saturated carbocycles. The molecular weight excluding hydrogens is 192 g/mol. The van der Waals surface area contributed by atoms with Crippen LogP contribution >= 0.6 is 0 Å². The molecule has 0 atom stereocenters. The van der Waals surface area contributed by atoms with Gasteiger partial charge >= 0.3 is 0 Å². The molecule has 3 nitrogen and oxygen atoms in total. The summed E-state index contributed by atoms with van der Waals surface area (Å²) in [6.45, 7) is 4.39. The molecule has 1 rings (SSSR count). The van der Waals surface area contributed by atoms with Gasteiger partial charge < -0.3 is 9.47 Å². The van der Waals surface area contributed by atoms with E-state index in [1.54, 1.807) is 12.1 Å². The molecule has 3 heteroatoms. The Bertz CT molecular complexity index is 303. The van der Waals surface area contributed by atoms with Crippen molar-refractivity contribution in [3.05, 3.63) is 24.3 Å². The summed E-state index contributed by atoms with van der Waals surface area (Å²) in [5.41, 5.74) is 0. The van der Waals surface area contributed by atoms with Crippen molar-refractivity contribution in [1.29, 1.82) is 0 Å². The van der Waals surface area contributed by atoms with Gasteiger partial charge in [-0.15, -0.1) is 0 Å². The topological polar surface area (TPSA) is 35.5 Å². The van der Waals surface area contributed by atoms with Gasteiger partial charge in [-0.25, -0.2) is 0 Å². The van der Waals surface area contributed by atoms with Gasteiger partial charge in [-0.05, 0) is 37.6 Å². The molecule has 0 aliphatic heterocycles. The lowest BCUT2D eigenvalue weighted by Crippen LogP contribution is -2.06. The standard InChI is InChI=1S/C12H16O3/c1-3-8-14-11-4-6-12(7-5-11)15-9-10(2)13/h4-7H,3,8-9H2,1-2H3. The van der Waals surface area contributed by atoms with Crippen molar-refractivity contribution in [3.63, 3.8) is 0 Å². The molecule has 0 unspecified atom stereocenters. The van der Waals surface area contributed by atoms with Crippen molar-refractivity contribution in [2.45, 2.75) is 20.3 Å². The Labute approximate surface area is 90.0 Å². The van der Waals surface area contributed by atoms with Gasteiger partial charge in [-0.1, -0.05) is 6.92 Å². The summed E-state index contributed by atoms with van der Waals surface area (Å²) in [5.74, 6) is 1.53. The fourth-order valence-corrected chi connectivity index (χ4v) is 1.04. The second-order valence-electron chi connectivity index (χ2n) is 3.31. The van der Waals surface area contributed by atoms with Gasteiger partial charge in [0.05, 0.1) is 6.61 Å². The predicted octanol–water partition coefficient (Wildman–Crippen LogP) is 2.44. The maximum Gasteiger partial charge on any atom is 0.167 e. The van der Waals surface area contributed by atoms with Gasteiger partial charge in [0, 0.05) is 0 Å². The third kappa shape index (κ3) is 4.49. The number of carbonyl (C=O) groups excluding carboxylic acids is 1. The number of rotatable bonds is 6. The van der Waals surface area contributed by atoms with E-state index in [-0.39, 0.29) is 12.4 Å². The molecule has 1 aromatic carbocycles. The Morgan fingerprint density at radius 3 is 2.13 bits per heavy atom.